The number of carbonyl (C=O) groups is 2. The summed E-state index contributed by atoms with van der Waals surface area (Å²) in [6, 6.07) is 0. The molecule has 0 amide bonds. The molecule has 30 heavy (non-hydrogen) atoms. The lowest BCUT2D eigenvalue weighted by atomic mass is 9.43. The molecule has 2 N–H and O–H groups in total. The van der Waals surface area contributed by atoms with Crippen LogP contribution in [0.5, 0.6) is 0 Å². The van der Waals surface area contributed by atoms with E-state index < -0.39 is 5.41 Å². The lowest BCUT2D eigenvalue weighted by Gasteiger charge is -2.61. The Labute approximate surface area is 180 Å². The van der Waals surface area contributed by atoms with Crippen molar-refractivity contribution in [2.24, 2.45) is 46.3 Å². The van der Waals surface area contributed by atoms with E-state index in [1.54, 1.807) is 0 Å². The SMILES string of the molecule is COC(=O)CC[C@H](C)[C@H]1CC[C@H]2[C@@H]3[C@H](O)C[C@H]4C[C@@H](O)CC[C@]4(C)[C@H]3CC(=O)[C@]12C. The van der Waals surface area contributed by atoms with Gasteiger partial charge in [0.15, 0.2) is 0 Å². The van der Waals surface area contributed by atoms with Gasteiger partial charge in [-0.15, -0.1) is 0 Å². The Balaban J connectivity index is 1.59. The maximum Gasteiger partial charge on any atom is 0.305 e. The minimum absolute atomic E-state index is 0.0503. The normalized spacial score (nSPS) is 49.0. The molecule has 0 unspecified atom stereocenters. The Kier molecular flexibility index (Phi) is 5.85. The van der Waals surface area contributed by atoms with Crippen LogP contribution in [-0.4, -0.2) is 41.3 Å². The molecule has 0 aromatic heterocycles. The third kappa shape index (κ3) is 3.26. The minimum atomic E-state index is -0.394. The number of aliphatic hydroxyl groups is 2. The molecule has 0 aliphatic heterocycles. The summed E-state index contributed by atoms with van der Waals surface area (Å²) in [4.78, 5) is 25.4. The van der Waals surface area contributed by atoms with E-state index in [9.17, 15) is 19.8 Å². The van der Waals surface area contributed by atoms with Crippen molar-refractivity contribution in [1.29, 1.82) is 0 Å². The summed E-state index contributed by atoms with van der Waals surface area (Å²) in [7, 11) is 1.42. The van der Waals surface area contributed by atoms with E-state index >= 15 is 0 Å². The van der Waals surface area contributed by atoms with E-state index in [2.05, 4.69) is 20.8 Å². The van der Waals surface area contributed by atoms with Crippen LogP contribution >= 0.6 is 0 Å². The van der Waals surface area contributed by atoms with E-state index in [4.69, 9.17) is 4.74 Å². The van der Waals surface area contributed by atoms with Gasteiger partial charge in [0.05, 0.1) is 19.3 Å². The molecular weight excluding hydrogens is 380 g/mol. The molecule has 4 aliphatic rings. The second-order valence-corrected chi connectivity index (χ2v) is 11.4. The number of fused-ring (bicyclic) bond motifs is 5. The molecule has 0 bridgehead atoms. The summed E-state index contributed by atoms with van der Waals surface area (Å²) < 4.78 is 4.81. The van der Waals surface area contributed by atoms with Crippen molar-refractivity contribution < 1.29 is 24.5 Å². The van der Waals surface area contributed by atoms with Gasteiger partial charge in [-0.05, 0) is 85.9 Å². The van der Waals surface area contributed by atoms with Crippen molar-refractivity contribution in [1.82, 2.24) is 0 Å². The number of Topliss-reactive ketones (excluding diaryl/α,β-unsaturated/α-hetero) is 1. The number of carbonyl (C=O) groups excluding carboxylic acids is 2. The highest BCUT2D eigenvalue weighted by atomic mass is 16.5. The average molecular weight is 421 g/mol. The quantitative estimate of drug-likeness (QED) is 0.677. The Morgan fingerprint density at radius 3 is 2.60 bits per heavy atom. The van der Waals surface area contributed by atoms with E-state index in [0.29, 0.717) is 24.5 Å². The molecule has 10 atom stereocenters. The highest BCUT2D eigenvalue weighted by Crippen LogP contribution is 2.67. The van der Waals surface area contributed by atoms with Crippen molar-refractivity contribution in [3.63, 3.8) is 0 Å². The molecule has 0 radical (unpaired) electrons. The molecule has 0 aromatic carbocycles. The smallest absolute Gasteiger partial charge is 0.305 e. The van der Waals surface area contributed by atoms with Gasteiger partial charge < -0.3 is 14.9 Å². The average Bonchev–Trinajstić information content (AvgIpc) is 3.06. The highest BCUT2D eigenvalue weighted by molar-refractivity contribution is 5.87. The van der Waals surface area contributed by atoms with Gasteiger partial charge >= 0.3 is 5.97 Å². The highest BCUT2D eigenvalue weighted by Gasteiger charge is 2.65. The van der Waals surface area contributed by atoms with Crippen LogP contribution in [0, 0.1) is 46.3 Å². The fraction of sp³-hybridized carbons (Fsp3) is 0.920. The van der Waals surface area contributed by atoms with Gasteiger partial charge in [0, 0.05) is 18.3 Å². The molecule has 0 saturated heterocycles. The summed E-state index contributed by atoms with van der Waals surface area (Å²) in [5.74, 6) is 1.70. The van der Waals surface area contributed by atoms with Crippen LogP contribution in [0.15, 0.2) is 0 Å². The predicted octanol–water partition coefficient (Wildman–Crippen LogP) is 3.75. The number of aliphatic hydroxyl groups excluding tert-OH is 2. The van der Waals surface area contributed by atoms with E-state index in [-0.39, 0.29) is 53.2 Å². The van der Waals surface area contributed by atoms with Gasteiger partial charge in [-0.25, -0.2) is 0 Å². The van der Waals surface area contributed by atoms with Gasteiger partial charge in [-0.3, -0.25) is 9.59 Å². The molecule has 5 nitrogen and oxygen atoms in total. The topological polar surface area (TPSA) is 83.8 Å². The Morgan fingerprint density at radius 2 is 1.90 bits per heavy atom. The fourth-order valence-corrected chi connectivity index (χ4v) is 8.51. The van der Waals surface area contributed by atoms with Gasteiger partial charge in [-0.2, -0.15) is 0 Å². The number of methoxy groups -OCH3 is 1. The van der Waals surface area contributed by atoms with Crippen LogP contribution in [0.1, 0.15) is 78.6 Å². The van der Waals surface area contributed by atoms with E-state index in [1.807, 2.05) is 0 Å². The molecule has 5 heteroatoms. The molecule has 4 fully saturated rings. The van der Waals surface area contributed by atoms with Crippen LogP contribution in [0.2, 0.25) is 0 Å². The first-order valence-corrected chi connectivity index (χ1v) is 12.1. The van der Waals surface area contributed by atoms with Gasteiger partial charge in [-0.1, -0.05) is 20.8 Å². The molecule has 170 valence electrons. The maximum atomic E-state index is 13.7. The lowest BCUT2D eigenvalue weighted by Crippen LogP contribution is -2.61. The predicted molar refractivity (Wildman–Crippen MR) is 113 cm³/mol. The van der Waals surface area contributed by atoms with Crippen LogP contribution in [0.25, 0.3) is 0 Å². The zero-order valence-corrected chi connectivity index (χ0v) is 19.1. The van der Waals surface area contributed by atoms with Crippen LogP contribution in [0.3, 0.4) is 0 Å². The molecule has 0 spiro atoms. The third-order valence-corrected chi connectivity index (χ3v) is 10.3. The first-order valence-electron chi connectivity index (χ1n) is 12.1. The van der Waals surface area contributed by atoms with E-state index in [0.717, 1.165) is 44.9 Å². The molecule has 4 rings (SSSR count). The van der Waals surface area contributed by atoms with Crippen LogP contribution in [-0.2, 0) is 14.3 Å². The summed E-state index contributed by atoms with van der Waals surface area (Å²) in [5, 5.41) is 21.5. The number of rotatable bonds is 4. The van der Waals surface area contributed by atoms with Crippen LogP contribution < -0.4 is 0 Å². The fourth-order valence-electron chi connectivity index (χ4n) is 8.51. The zero-order chi connectivity index (χ0) is 21.8. The molecule has 0 heterocycles. The van der Waals surface area contributed by atoms with Crippen molar-refractivity contribution in [3.05, 3.63) is 0 Å². The Morgan fingerprint density at radius 1 is 1.17 bits per heavy atom. The van der Waals surface area contributed by atoms with Crippen molar-refractivity contribution >= 4 is 11.8 Å². The largest absolute Gasteiger partial charge is 0.469 e. The monoisotopic (exact) mass is 420 g/mol. The second kappa shape index (κ2) is 7.88. The first-order chi connectivity index (χ1) is 14.1. The Bertz CT molecular complexity index is 691. The molecule has 4 saturated carbocycles. The first kappa shape index (κ1) is 22.3. The lowest BCUT2D eigenvalue weighted by molar-refractivity contribution is -0.181. The third-order valence-electron chi connectivity index (χ3n) is 10.3. The number of ether oxygens (including phenoxy) is 1. The Hall–Kier alpha value is -0.940. The maximum absolute atomic E-state index is 13.7. The molecule has 0 aromatic rings. The number of hydrogen-bond donors (Lipinski definition) is 2. The summed E-state index contributed by atoms with van der Waals surface area (Å²) >= 11 is 0. The van der Waals surface area contributed by atoms with Crippen molar-refractivity contribution in [3.8, 4) is 0 Å². The zero-order valence-electron chi connectivity index (χ0n) is 19.1. The number of hydrogen-bond acceptors (Lipinski definition) is 5. The summed E-state index contributed by atoms with van der Waals surface area (Å²) in [6.45, 7) is 6.67. The summed E-state index contributed by atoms with van der Waals surface area (Å²) in [5.41, 5.74) is -0.343. The van der Waals surface area contributed by atoms with Gasteiger partial charge in [0.1, 0.15) is 5.78 Å². The minimum Gasteiger partial charge on any atom is -0.469 e. The van der Waals surface area contributed by atoms with Crippen molar-refractivity contribution in [2.45, 2.75) is 90.8 Å². The van der Waals surface area contributed by atoms with Crippen molar-refractivity contribution in [2.75, 3.05) is 7.11 Å². The number of ketones is 1. The summed E-state index contributed by atoms with van der Waals surface area (Å²) in [6.07, 6.45) is 6.39. The van der Waals surface area contributed by atoms with Gasteiger partial charge in [0.25, 0.3) is 0 Å². The molecular formula is C25H40O5. The second-order valence-electron chi connectivity index (χ2n) is 11.4. The molecule has 4 aliphatic carbocycles. The number of esters is 1. The standard InChI is InChI=1S/C25H40O5/c1-14(5-8-22(29)30-4)17-6-7-18-23-19(13-21(28)25(17,18)3)24(2)10-9-16(26)11-15(24)12-20(23)27/h14-20,23,26-27H,5-13H2,1-4H3/t14-,15+,16-,17+,18-,19-,20+,23-,24-,25+/m0/s1. The van der Waals surface area contributed by atoms with Gasteiger partial charge in [0.2, 0.25) is 0 Å². The van der Waals surface area contributed by atoms with Crippen LogP contribution in [0.4, 0.5) is 0 Å². The van der Waals surface area contributed by atoms with E-state index in [1.165, 1.54) is 7.11 Å².